The molecule has 1 aromatic carbocycles. The number of carbonyl (C=O) groups is 1. The molecule has 0 aliphatic carbocycles. The molecule has 0 bridgehead atoms. The van der Waals surface area contributed by atoms with E-state index in [1.54, 1.807) is 18.3 Å². The van der Waals surface area contributed by atoms with Gasteiger partial charge in [0.05, 0.1) is 23.5 Å². The Morgan fingerprint density at radius 3 is 2.90 bits per heavy atom. The van der Waals surface area contributed by atoms with Crippen LogP contribution in [0.15, 0.2) is 36.5 Å². The van der Waals surface area contributed by atoms with Crippen LogP contribution >= 0.6 is 0 Å². The van der Waals surface area contributed by atoms with Crippen molar-refractivity contribution in [1.29, 1.82) is 0 Å². The van der Waals surface area contributed by atoms with E-state index >= 15 is 0 Å². The Labute approximate surface area is 117 Å². The molecule has 0 atom stereocenters. The molecule has 0 saturated carbocycles. The zero-order valence-electron chi connectivity index (χ0n) is 11.3. The summed E-state index contributed by atoms with van der Waals surface area (Å²) < 4.78 is 0. The SMILES string of the molecule is CCc1cccnc1CNC(=O)c1cccc(N)c1O. The first kappa shape index (κ1) is 13.9. The summed E-state index contributed by atoms with van der Waals surface area (Å²) in [7, 11) is 0. The van der Waals surface area contributed by atoms with E-state index in [1.807, 2.05) is 19.1 Å². The van der Waals surface area contributed by atoms with Gasteiger partial charge in [0.1, 0.15) is 0 Å². The lowest BCUT2D eigenvalue weighted by molar-refractivity contribution is 0.0948. The minimum atomic E-state index is -0.373. The number of para-hydroxylation sites is 1. The van der Waals surface area contributed by atoms with Gasteiger partial charge in [-0.05, 0) is 30.2 Å². The van der Waals surface area contributed by atoms with Crippen molar-refractivity contribution in [3.63, 3.8) is 0 Å². The van der Waals surface area contributed by atoms with Crippen molar-refractivity contribution in [3.05, 3.63) is 53.3 Å². The summed E-state index contributed by atoms with van der Waals surface area (Å²) in [6.45, 7) is 2.35. The van der Waals surface area contributed by atoms with Crippen molar-refractivity contribution in [2.45, 2.75) is 19.9 Å². The molecule has 1 heterocycles. The third kappa shape index (κ3) is 2.88. The lowest BCUT2D eigenvalue weighted by atomic mass is 10.1. The number of hydrogen-bond acceptors (Lipinski definition) is 4. The second-order valence-electron chi connectivity index (χ2n) is 4.39. The number of rotatable bonds is 4. The summed E-state index contributed by atoms with van der Waals surface area (Å²) in [6.07, 6.45) is 2.54. The number of aromatic nitrogens is 1. The quantitative estimate of drug-likeness (QED) is 0.585. The second kappa shape index (κ2) is 6.06. The predicted octanol–water partition coefficient (Wildman–Crippen LogP) is 1.86. The molecule has 4 N–H and O–H groups in total. The van der Waals surface area contributed by atoms with Crippen LogP contribution in [0, 0.1) is 0 Å². The average molecular weight is 271 g/mol. The molecule has 2 aromatic rings. The molecule has 1 amide bonds. The lowest BCUT2D eigenvalue weighted by Crippen LogP contribution is -2.24. The van der Waals surface area contributed by atoms with Crippen molar-refractivity contribution >= 4 is 11.6 Å². The standard InChI is InChI=1S/C15H17N3O2/c1-2-10-5-4-8-17-13(10)9-18-15(20)11-6-3-7-12(16)14(11)19/h3-8,19H,2,9,16H2,1H3,(H,18,20). The van der Waals surface area contributed by atoms with Crippen LogP contribution < -0.4 is 11.1 Å². The highest BCUT2D eigenvalue weighted by Gasteiger charge is 2.13. The highest BCUT2D eigenvalue weighted by molar-refractivity contribution is 5.98. The van der Waals surface area contributed by atoms with E-state index in [0.29, 0.717) is 6.54 Å². The molecular formula is C15H17N3O2. The number of pyridine rings is 1. The number of benzene rings is 1. The molecule has 0 fully saturated rings. The van der Waals surface area contributed by atoms with Crippen molar-refractivity contribution in [2.75, 3.05) is 5.73 Å². The number of carbonyl (C=O) groups excluding carboxylic acids is 1. The fraction of sp³-hybridized carbons (Fsp3) is 0.200. The molecular weight excluding hydrogens is 254 g/mol. The molecule has 104 valence electrons. The van der Waals surface area contributed by atoms with E-state index in [-0.39, 0.29) is 22.9 Å². The van der Waals surface area contributed by atoms with Crippen LogP contribution in [0.5, 0.6) is 5.75 Å². The number of hydrogen-bond donors (Lipinski definition) is 3. The van der Waals surface area contributed by atoms with Crippen LogP contribution in [-0.2, 0) is 13.0 Å². The van der Waals surface area contributed by atoms with E-state index in [0.717, 1.165) is 17.7 Å². The molecule has 2 rings (SSSR count). The maximum absolute atomic E-state index is 12.0. The van der Waals surface area contributed by atoms with Crippen LogP contribution in [0.4, 0.5) is 5.69 Å². The molecule has 0 aliphatic heterocycles. The van der Waals surface area contributed by atoms with Gasteiger partial charge >= 0.3 is 0 Å². The topological polar surface area (TPSA) is 88.2 Å². The Kier molecular flexibility index (Phi) is 4.20. The fourth-order valence-corrected chi connectivity index (χ4v) is 1.96. The summed E-state index contributed by atoms with van der Waals surface area (Å²) >= 11 is 0. The molecule has 5 nitrogen and oxygen atoms in total. The number of nitrogen functional groups attached to an aromatic ring is 1. The van der Waals surface area contributed by atoms with Gasteiger partial charge in [0, 0.05) is 6.20 Å². The Morgan fingerprint density at radius 2 is 2.15 bits per heavy atom. The first-order valence-corrected chi connectivity index (χ1v) is 6.42. The van der Waals surface area contributed by atoms with E-state index in [4.69, 9.17) is 5.73 Å². The molecule has 0 spiro atoms. The summed E-state index contributed by atoms with van der Waals surface area (Å²) in [5.41, 5.74) is 7.83. The maximum Gasteiger partial charge on any atom is 0.255 e. The number of aryl methyl sites for hydroxylation is 1. The van der Waals surface area contributed by atoms with Crippen LogP contribution in [-0.4, -0.2) is 16.0 Å². The largest absolute Gasteiger partial charge is 0.505 e. The van der Waals surface area contributed by atoms with Crippen molar-refractivity contribution in [3.8, 4) is 5.75 Å². The summed E-state index contributed by atoms with van der Waals surface area (Å²) in [5, 5.41) is 12.5. The summed E-state index contributed by atoms with van der Waals surface area (Å²) in [4.78, 5) is 16.3. The number of nitrogens with two attached hydrogens (primary N) is 1. The number of nitrogens with one attached hydrogen (secondary N) is 1. The minimum absolute atomic E-state index is 0.166. The van der Waals surface area contributed by atoms with Gasteiger partial charge in [-0.3, -0.25) is 9.78 Å². The Bertz CT molecular complexity index is 626. The van der Waals surface area contributed by atoms with Crippen molar-refractivity contribution < 1.29 is 9.90 Å². The van der Waals surface area contributed by atoms with Crippen LogP contribution in [0.25, 0.3) is 0 Å². The minimum Gasteiger partial charge on any atom is -0.505 e. The third-order valence-corrected chi connectivity index (χ3v) is 3.09. The first-order valence-electron chi connectivity index (χ1n) is 6.42. The Hall–Kier alpha value is -2.56. The van der Waals surface area contributed by atoms with Gasteiger partial charge in [-0.15, -0.1) is 0 Å². The summed E-state index contributed by atoms with van der Waals surface area (Å²) in [6, 6.07) is 8.54. The first-order chi connectivity index (χ1) is 9.63. The summed E-state index contributed by atoms with van der Waals surface area (Å²) in [5.74, 6) is -0.566. The lowest BCUT2D eigenvalue weighted by Gasteiger charge is -2.10. The zero-order chi connectivity index (χ0) is 14.5. The monoisotopic (exact) mass is 271 g/mol. The van der Waals surface area contributed by atoms with Crippen LogP contribution in [0.2, 0.25) is 0 Å². The molecule has 0 unspecified atom stereocenters. The molecule has 0 saturated heterocycles. The number of amides is 1. The number of anilines is 1. The number of phenols is 1. The third-order valence-electron chi connectivity index (χ3n) is 3.09. The smallest absolute Gasteiger partial charge is 0.255 e. The molecule has 0 radical (unpaired) electrons. The maximum atomic E-state index is 12.0. The van der Waals surface area contributed by atoms with E-state index in [9.17, 15) is 9.90 Å². The highest BCUT2D eigenvalue weighted by atomic mass is 16.3. The average Bonchev–Trinajstić information content (AvgIpc) is 2.48. The van der Waals surface area contributed by atoms with Gasteiger partial charge in [0.15, 0.2) is 5.75 Å². The number of nitrogens with zero attached hydrogens (tertiary/aromatic N) is 1. The van der Waals surface area contributed by atoms with Gasteiger partial charge in [0.2, 0.25) is 0 Å². The molecule has 1 aromatic heterocycles. The molecule has 5 heteroatoms. The zero-order valence-corrected chi connectivity index (χ0v) is 11.3. The van der Waals surface area contributed by atoms with E-state index < -0.39 is 0 Å². The number of phenolic OH excluding ortho intramolecular Hbond substituents is 1. The fourth-order valence-electron chi connectivity index (χ4n) is 1.96. The predicted molar refractivity (Wildman–Crippen MR) is 77.3 cm³/mol. The van der Waals surface area contributed by atoms with Crippen molar-refractivity contribution in [1.82, 2.24) is 10.3 Å². The van der Waals surface area contributed by atoms with Crippen LogP contribution in [0.1, 0.15) is 28.5 Å². The second-order valence-corrected chi connectivity index (χ2v) is 4.39. The van der Waals surface area contributed by atoms with Gasteiger partial charge < -0.3 is 16.2 Å². The van der Waals surface area contributed by atoms with Crippen LogP contribution in [0.3, 0.4) is 0 Å². The Balaban J connectivity index is 2.11. The van der Waals surface area contributed by atoms with Gasteiger partial charge in [0.25, 0.3) is 5.91 Å². The highest BCUT2D eigenvalue weighted by Crippen LogP contribution is 2.24. The Morgan fingerprint density at radius 1 is 1.35 bits per heavy atom. The molecule has 0 aliphatic rings. The normalized spacial score (nSPS) is 10.2. The van der Waals surface area contributed by atoms with Gasteiger partial charge in [-0.25, -0.2) is 0 Å². The van der Waals surface area contributed by atoms with Gasteiger partial charge in [-0.2, -0.15) is 0 Å². The van der Waals surface area contributed by atoms with E-state index in [1.165, 1.54) is 6.07 Å². The molecule has 20 heavy (non-hydrogen) atoms. The van der Waals surface area contributed by atoms with E-state index in [2.05, 4.69) is 10.3 Å². The van der Waals surface area contributed by atoms with Gasteiger partial charge in [-0.1, -0.05) is 19.1 Å². The van der Waals surface area contributed by atoms with Crippen molar-refractivity contribution in [2.24, 2.45) is 0 Å². The number of aromatic hydroxyl groups is 1.